The molecule has 9 heteroatoms. The van der Waals surface area contributed by atoms with Crippen LogP contribution in [-0.4, -0.2) is 34.5 Å². The minimum Gasteiger partial charge on any atom is -0.508 e. The molecule has 0 fully saturated rings. The summed E-state index contributed by atoms with van der Waals surface area (Å²) in [6.07, 6.45) is -0.143. The van der Waals surface area contributed by atoms with E-state index in [1.807, 2.05) is 24.3 Å². The molecule has 0 bridgehead atoms. The number of ether oxygens (including phenoxy) is 1. The Hall–Kier alpha value is -4.24. The number of phenols is 1. The summed E-state index contributed by atoms with van der Waals surface area (Å²) in [5.41, 5.74) is 1.85. The molecular weight excluding hydrogens is 454 g/mol. The van der Waals surface area contributed by atoms with Crippen LogP contribution in [0.4, 0.5) is 5.13 Å². The van der Waals surface area contributed by atoms with Gasteiger partial charge in [0.25, 0.3) is 11.8 Å². The second-order valence-electron chi connectivity index (χ2n) is 7.39. The molecule has 4 aromatic rings. The molecule has 0 aliphatic carbocycles. The summed E-state index contributed by atoms with van der Waals surface area (Å²) in [7, 11) is 0. The van der Waals surface area contributed by atoms with Gasteiger partial charge in [-0.1, -0.05) is 59.9 Å². The lowest BCUT2D eigenvalue weighted by Gasteiger charge is -2.18. The van der Waals surface area contributed by atoms with Gasteiger partial charge >= 0.3 is 5.97 Å². The molecule has 1 aromatic heterocycles. The van der Waals surface area contributed by atoms with E-state index in [1.165, 1.54) is 17.4 Å². The molecule has 34 heavy (non-hydrogen) atoms. The van der Waals surface area contributed by atoms with Gasteiger partial charge in [0.2, 0.25) is 0 Å². The molecule has 0 radical (unpaired) electrons. The summed E-state index contributed by atoms with van der Waals surface area (Å²) < 4.78 is 5.86. The van der Waals surface area contributed by atoms with Crippen molar-refractivity contribution in [2.24, 2.45) is 0 Å². The van der Waals surface area contributed by atoms with E-state index >= 15 is 0 Å². The van der Waals surface area contributed by atoms with Crippen LogP contribution in [0.15, 0.2) is 78.9 Å². The maximum Gasteiger partial charge on any atom is 0.308 e. The average Bonchev–Trinajstić information content (AvgIpc) is 3.24. The lowest BCUT2D eigenvalue weighted by Crippen LogP contribution is -2.31. The molecule has 0 aliphatic rings. The first-order valence-electron chi connectivity index (χ1n) is 10.4. The minimum absolute atomic E-state index is 0.107. The van der Waals surface area contributed by atoms with E-state index in [-0.39, 0.29) is 18.1 Å². The third-order valence-corrected chi connectivity index (χ3v) is 5.83. The van der Waals surface area contributed by atoms with Crippen molar-refractivity contribution in [3.8, 4) is 5.75 Å². The summed E-state index contributed by atoms with van der Waals surface area (Å²) >= 11 is 1.20. The fourth-order valence-corrected chi connectivity index (χ4v) is 4.18. The second kappa shape index (κ2) is 10.6. The normalized spacial score (nSPS) is 11.5. The van der Waals surface area contributed by atoms with Gasteiger partial charge in [0.05, 0.1) is 22.7 Å². The van der Waals surface area contributed by atoms with E-state index in [2.05, 4.69) is 15.6 Å². The molecule has 0 saturated heterocycles. The highest BCUT2D eigenvalue weighted by Gasteiger charge is 2.21. The van der Waals surface area contributed by atoms with Crippen molar-refractivity contribution in [3.05, 3.63) is 90.0 Å². The van der Waals surface area contributed by atoms with Crippen LogP contribution in [0.1, 0.15) is 28.4 Å². The number of hydrogen-bond donors (Lipinski definition) is 3. The highest BCUT2D eigenvalue weighted by Crippen LogP contribution is 2.28. The molecule has 4 rings (SSSR count). The van der Waals surface area contributed by atoms with Gasteiger partial charge in [-0.05, 0) is 35.9 Å². The first kappa shape index (κ1) is 22.9. The third-order valence-electron chi connectivity index (χ3n) is 4.90. The van der Waals surface area contributed by atoms with Crippen LogP contribution < -0.4 is 10.6 Å². The molecule has 0 saturated carbocycles. The Labute approximate surface area is 199 Å². The van der Waals surface area contributed by atoms with Gasteiger partial charge in [-0.25, -0.2) is 4.98 Å². The average molecular weight is 476 g/mol. The largest absolute Gasteiger partial charge is 0.508 e. The number of thiazole rings is 1. The van der Waals surface area contributed by atoms with Crippen molar-refractivity contribution < 1.29 is 24.2 Å². The van der Waals surface area contributed by atoms with E-state index in [9.17, 15) is 19.5 Å². The topological polar surface area (TPSA) is 118 Å². The van der Waals surface area contributed by atoms with Crippen LogP contribution in [0, 0.1) is 0 Å². The van der Waals surface area contributed by atoms with Crippen LogP contribution in [-0.2, 0) is 14.3 Å². The van der Waals surface area contributed by atoms with Crippen molar-refractivity contribution in [2.75, 3.05) is 11.9 Å². The Morgan fingerprint density at radius 2 is 1.68 bits per heavy atom. The number of carbonyl (C=O) groups is 3. The van der Waals surface area contributed by atoms with Gasteiger partial charge in [-0.3, -0.25) is 19.7 Å². The SMILES string of the molecule is O=C(COC(=O)CC(NC(=O)c1ccccc1)c1ccccc1)Nc1nc2ccc(O)cc2s1. The number of benzene rings is 3. The predicted molar refractivity (Wildman–Crippen MR) is 129 cm³/mol. The van der Waals surface area contributed by atoms with Crippen molar-refractivity contribution in [2.45, 2.75) is 12.5 Å². The number of aromatic hydroxyl groups is 1. The highest BCUT2D eigenvalue weighted by molar-refractivity contribution is 7.22. The van der Waals surface area contributed by atoms with E-state index in [0.717, 1.165) is 5.56 Å². The van der Waals surface area contributed by atoms with Gasteiger partial charge in [-0.15, -0.1) is 0 Å². The zero-order chi connectivity index (χ0) is 23.9. The maximum absolute atomic E-state index is 12.6. The summed E-state index contributed by atoms with van der Waals surface area (Å²) in [4.78, 5) is 41.6. The summed E-state index contributed by atoms with van der Waals surface area (Å²) in [5.74, 6) is -1.38. The van der Waals surface area contributed by atoms with Crippen molar-refractivity contribution in [1.29, 1.82) is 0 Å². The number of nitrogens with zero attached hydrogens (tertiary/aromatic N) is 1. The Morgan fingerprint density at radius 1 is 0.971 bits per heavy atom. The van der Waals surface area contributed by atoms with Crippen molar-refractivity contribution in [1.82, 2.24) is 10.3 Å². The quantitative estimate of drug-likeness (QED) is 0.331. The number of fused-ring (bicyclic) bond motifs is 1. The fourth-order valence-electron chi connectivity index (χ4n) is 3.26. The number of phenolic OH excluding ortho intramolecular Hbond substituents is 1. The predicted octanol–water partition coefficient (Wildman–Crippen LogP) is 4.05. The van der Waals surface area contributed by atoms with E-state index in [0.29, 0.717) is 20.9 Å². The number of amides is 2. The summed E-state index contributed by atoms with van der Waals surface area (Å²) in [5, 5.41) is 15.3. The van der Waals surface area contributed by atoms with Gasteiger partial charge in [0.15, 0.2) is 11.7 Å². The number of hydrogen-bond acceptors (Lipinski definition) is 7. The minimum atomic E-state index is -0.633. The lowest BCUT2D eigenvalue weighted by atomic mass is 10.0. The smallest absolute Gasteiger partial charge is 0.308 e. The molecule has 3 aromatic carbocycles. The maximum atomic E-state index is 12.6. The summed E-state index contributed by atoms with van der Waals surface area (Å²) in [6, 6.07) is 21.9. The zero-order valence-corrected chi connectivity index (χ0v) is 18.7. The number of nitrogens with one attached hydrogen (secondary N) is 2. The fraction of sp³-hybridized carbons (Fsp3) is 0.120. The second-order valence-corrected chi connectivity index (χ2v) is 8.42. The Balaban J connectivity index is 1.35. The third kappa shape index (κ3) is 5.96. The van der Waals surface area contributed by atoms with Crippen molar-refractivity contribution in [3.63, 3.8) is 0 Å². The van der Waals surface area contributed by atoms with Crippen LogP contribution in [0.25, 0.3) is 10.2 Å². The summed E-state index contributed by atoms with van der Waals surface area (Å²) in [6.45, 7) is -0.492. The monoisotopic (exact) mass is 475 g/mol. The first-order chi connectivity index (χ1) is 16.5. The zero-order valence-electron chi connectivity index (χ0n) is 17.9. The van der Waals surface area contributed by atoms with Gasteiger partial charge in [-0.2, -0.15) is 0 Å². The Morgan fingerprint density at radius 3 is 2.41 bits per heavy atom. The molecule has 0 spiro atoms. The van der Waals surface area contributed by atoms with E-state index < -0.39 is 24.5 Å². The number of anilines is 1. The molecular formula is C25H21N3O5S. The number of aromatic nitrogens is 1. The van der Waals surface area contributed by atoms with Crippen LogP contribution >= 0.6 is 11.3 Å². The van der Waals surface area contributed by atoms with Gasteiger partial charge in [0.1, 0.15) is 5.75 Å². The molecule has 0 aliphatic heterocycles. The molecule has 3 N–H and O–H groups in total. The molecule has 2 amide bonds. The molecule has 8 nitrogen and oxygen atoms in total. The standard InChI is InChI=1S/C25H21N3O5S/c29-18-11-12-19-21(13-18)34-25(27-19)28-22(30)15-33-23(31)14-20(16-7-3-1-4-8-16)26-24(32)17-9-5-2-6-10-17/h1-13,20,29H,14-15H2,(H,26,32)(H,27,28,30). The number of esters is 1. The van der Waals surface area contributed by atoms with Crippen molar-refractivity contribution >= 4 is 44.5 Å². The van der Waals surface area contributed by atoms with Gasteiger partial charge < -0.3 is 15.2 Å². The lowest BCUT2D eigenvalue weighted by molar-refractivity contribution is -0.147. The van der Waals surface area contributed by atoms with E-state index in [4.69, 9.17) is 4.74 Å². The number of rotatable bonds is 8. The molecule has 172 valence electrons. The van der Waals surface area contributed by atoms with Crippen LogP contribution in [0.3, 0.4) is 0 Å². The molecule has 1 atom stereocenters. The van der Waals surface area contributed by atoms with Crippen LogP contribution in [0.5, 0.6) is 5.75 Å². The van der Waals surface area contributed by atoms with Gasteiger partial charge in [0, 0.05) is 5.56 Å². The highest BCUT2D eigenvalue weighted by atomic mass is 32.1. The Bertz CT molecular complexity index is 1310. The number of carbonyl (C=O) groups excluding carboxylic acids is 3. The molecule has 1 unspecified atom stereocenters. The van der Waals surface area contributed by atoms with E-state index in [1.54, 1.807) is 48.5 Å². The Kier molecular flexibility index (Phi) is 7.14. The van der Waals surface area contributed by atoms with Crippen LogP contribution in [0.2, 0.25) is 0 Å². The molecule has 1 heterocycles. The first-order valence-corrected chi connectivity index (χ1v) is 11.3.